The number of carbonyl (C=O) groups excluding carboxylic acids is 1. The molecule has 0 unspecified atom stereocenters. The van der Waals surface area contributed by atoms with Gasteiger partial charge in [0.05, 0.1) is 0 Å². The molecular weight excluding hydrogens is 202 g/mol. The minimum atomic E-state index is -0.00523. The van der Waals surface area contributed by atoms with E-state index in [2.05, 4.69) is 19.2 Å². The second kappa shape index (κ2) is 5.54. The van der Waals surface area contributed by atoms with Crippen molar-refractivity contribution in [3.05, 3.63) is 29.3 Å². The van der Waals surface area contributed by atoms with E-state index in [9.17, 15) is 9.90 Å². The normalized spacial score (nSPS) is 10.5. The molecule has 3 nitrogen and oxygen atoms in total. The molecule has 0 atom stereocenters. The van der Waals surface area contributed by atoms with Gasteiger partial charge in [-0.2, -0.15) is 0 Å². The fourth-order valence-electron chi connectivity index (χ4n) is 1.54. The van der Waals surface area contributed by atoms with Crippen LogP contribution in [-0.4, -0.2) is 18.1 Å². The van der Waals surface area contributed by atoms with Crippen LogP contribution in [0.5, 0.6) is 5.75 Å². The summed E-state index contributed by atoms with van der Waals surface area (Å²) in [6.45, 7) is 4.21. The van der Waals surface area contributed by atoms with Crippen LogP contribution in [0.1, 0.15) is 37.3 Å². The summed E-state index contributed by atoms with van der Waals surface area (Å²) in [6.07, 6.45) is 0.984. The number of aryl methyl sites for hydroxylation is 1. The number of hydrogen-bond acceptors (Lipinski definition) is 2. The highest BCUT2D eigenvalue weighted by atomic mass is 16.3. The minimum Gasteiger partial charge on any atom is -0.508 e. The van der Waals surface area contributed by atoms with Crippen LogP contribution in [-0.2, 0) is 11.2 Å². The van der Waals surface area contributed by atoms with E-state index < -0.39 is 0 Å². The van der Waals surface area contributed by atoms with Gasteiger partial charge in [-0.05, 0) is 29.5 Å². The lowest BCUT2D eigenvalue weighted by Crippen LogP contribution is -2.17. The molecule has 88 valence electrons. The molecule has 0 saturated carbocycles. The molecule has 0 radical (unpaired) electrons. The fourth-order valence-corrected chi connectivity index (χ4v) is 1.54. The number of phenolic OH excluding ortho intramolecular Hbond substituents is 1. The van der Waals surface area contributed by atoms with E-state index in [-0.39, 0.29) is 11.7 Å². The summed E-state index contributed by atoms with van der Waals surface area (Å²) in [4.78, 5) is 11.1. The average Bonchev–Trinajstić information content (AvgIpc) is 2.27. The van der Waals surface area contributed by atoms with Crippen LogP contribution in [0.15, 0.2) is 18.2 Å². The van der Waals surface area contributed by atoms with Crippen molar-refractivity contribution in [3.8, 4) is 5.75 Å². The molecule has 0 saturated heterocycles. The zero-order valence-corrected chi connectivity index (χ0v) is 10.1. The topological polar surface area (TPSA) is 49.3 Å². The van der Waals surface area contributed by atoms with Gasteiger partial charge in [0, 0.05) is 13.5 Å². The Balaban J connectivity index is 2.78. The Kier molecular flexibility index (Phi) is 4.35. The zero-order valence-electron chi connectivity index (χ0n) is 10.1. The Bertz CT molecular complexity index is 372. The van der Waals surface area contributed by atoms with Gasteiger partial charge in [0.2, 0.25) is 5.91 Å². The molecule has 0 fully saturated rings. The molecule has 1 rings (SSSR count). The number of phenols is 1. The van der Waals surface area contributed by atoms with E-state index >= 15 is 0 Å². The predicted octanol–water partition coefficient (Wildman–Crippen LogP) is 2.19. The average molecular weight is 221 g/mol. The molecule has 1 aromatic rings. The second-order valence-corrected chi connectivity index (χ2v) is 4.22. The summed E-state index contributed by atoms with van der Waals surface area (Å²) in [5, 5.41) is 12.2. The Hall–Kier alpha value is -1.51. The summed E-state index contributed by atoms with van der Waals surface area (Å²) in [7, 11) is 1.62. The molecule has 1 aromatic carbocycles. The third-order valence-electron chi connectivity index (χ3n) is 2.67. The minimum absolute atomic E-state index is 0.00523. The van der Waals surface area contributed by atoms with Gasteiger partial charge in [-0.25, -0.2) is 0 Å². The highest BCUT2D eigenvalue weighted by Crippen LogP contribution is 2.24. The quantitative estimate of drug-likeness (QED) is 0.818. The third-order valence-corrected chi connectivity index (χ3v) is 2.67. The Labute approximate surface area is 96.5 Å². The zero-order chi connectivity index (χ0) is 12.1. The maximum absolute atomic E-state index is 11.1. The van der Waals surface area contributed by atoms with Crippen molar-refractivity contribution in [3.63, 3.8) is 0 Å². The maximum atomic E-state index is 11.1. The molecule has 0 spiro atoms. The number of nitrogens with one attached hydrogen (secondary N) is 1. The first-order valence-corrected chi connectivity index (χ1v) is 5.57. The maximum Gasteiger partial charge on any atom is 0.220 e. The smallest absolute Gasteiger partial charge is 0.220 e. The molecule has 0 aromatic heterocycles. The summed E-state index contributed by atoms with van der Waals surface area (Å²) in [6, 6.07) is 5.60. The molecule has 0 heterocycles. The van der Waals surface area contributed by atoms with Crippen LogP contribution in [0, 0.1) is 0 Å². The number of aromatic hydroxyl groups is 1. The van der Waals surface area contributed by atoms with Crippen LogP contribution in [0.4, 0.5) is 0 Å². The highest BCUT2D eigenvalue weighted by Gasteiger charge is 2.07. The first-order chi connectivity index (χ1) is 7.54. The highest BCUT2D eigenvalue weighted by molar-refractivity contribution is 5.75. The Morgan fingerprint density at radius 3 is 2.69 bits per heavy atom. The lowest BCUT2D eigenvalue weighted by atomic mass is 9.98. The van der Waals surface area contributed by atoms with Crippen molar-refractivity contribution in [2.24, 2.45) is 0 Å². The number of rotatable bonds is 4. The van der Waals surface area contributed by atoms with Gasteiger partial charge < -0.3 is 10.4 Å². The molecule has 3 heteroatoms. The third kappa shape index (κ3) is 3.26. The van der Waals surface area contributed by atoms with Crippen LogP contribution in [0.3, 0.4) is 0 Å². The van der Waals surface area contributed by atoms with Crippen molar-refractivity contribution in [1.82, 2.24) is 5.32 Å². The molecule has 0 bridgehead atoms. The van der Waals surface area contributed by atoms with Gasteiger partial charge in [-0.3, -0.25) is 4.79 Å². The number of benzene rings is 1. The lowest BCUT2D eigenvalue weighted by Gasteiger charge is -2.09. The van der Waals surface area contributed by atoms with Crippen LogP contribution < -0.4 is 5.32 Å². The van der Waals surface area contributed by atoms with Crippen molar-refractivity contribution < 1.29 is 9.90 Å². The van der Waals surface area contributed by atoms with E-state index in [1.165, 1.54) is 5.56 Å². The molecule has 0 aliphatic carbocycles. The molecular formula is C13H19NO2. The van der Waals surface area contributed by atoms with E-state index in [1.807, 2.05) is 12.1 Å². The van der Waals surface area contributed by atoms with Crippen molar-refractivity contribution >= 4 is 5.91 Å². The van der Waals surface area contributed by atoms with Gasteiger partial charge in [-0.15, -0.1) is 0 Å². The predicted molar refractivity (Wildman–Crippen MR) is 64.6 cm³/mol. The van der Waals surface area contributed by atoms with Crippen LogP contribution in [0.25, 0.3) is 0 Å². The Morgan fingerprint density at radius 1 is 1.44 bits per heavy atom. The largest absolute Gasteiger partial charge is 0.508 e. The van der Waals surface area contributed by atoms with E-state index in [0.29, 0.717) is 18.8 Å². The second-order valence-electron chi connectivity index (χ2n) is 4.22. The molecule has 2 N–H and O–H groups in total. The lowest BCUT2D eigenvalue weighted by molar-refractivity contribution is -0.120. The van der Waals surface area contributed by atoms with Gasteiger partial charge >= 0.3 is 0 Å². The van der Waals surface area contributed by atoms with Crippen molar-refractivity contribution in [2.75, 3.05) is 7.05 Å². The van der Waals surface area contributed by atoms with Gasteiger partial charge in [0.15, 0.2) is 0 Å². The first kappa shape index (κ1) is 12.6. The van der Waals surface area contributed by atoms with Crippen molar-refractivity contribution in [1.29, 1.82) is 0 Å². The number of hydrogen-bond donors (Lipinski definition) is 2. The summed E-state index contributed by atoms with van der Waals surface area (Å²) < 4.78 is 0. The summed E-state index contributed by atoms with van der Waals surface area (Å²) in [5.41, 5.74) is 2.03. The fraction of sp³-hybridized carbons (Fsp3) is 0.462. The number of carbonyl (C=O) groups is 1. The van der Waals surface area contributed by atoms with E-state index in [1.54, 1.807) is 13.1 Å². The molecule has 0 aliphatic rings. The summed E-state index contributed by atoms with van der Waals surface area (Å²) >= 11 is 0. The number of amides is 1. The Morgan fingerprint density at radius 2 is 2.12 bits per heavy atom. The SMILES string of the molecule is CNC(=O)CCc1cc(C(C)C)ccc1O. The van der Waals surface area contributed by atoms with Crippen LogP contribution in [0.2, 0.25) is 0 Å². The molecule has 1 amide bonds. The molecule has 0 aliphatic heterocycles. The molecule has 16 heavy (non-hydrogen) atoms. The summed E-state index contributed by atoms with van der Waals surface area (Å²) in [5.74, 6) is 0.696. The van der Waals surface area contributed by atoms with Gasteiger partial charge in [0.25, 0.3) is 0 Å². The van der Waals surface area contributed by atoms with E-state index in [0.717, 1.165) is 5.56 Å². The van der Waals surface area contributed by atoms with Crippen LogP contribution >= 0.6 is 0 Å². The van der Waals surface area contributed by atoms with E-state index in [4.69, 9.17) is 0 Å². The van der Waals surface area contributed by atoms with Gasteiger partial charge in [-0.1, -0.05) is 26.0 Å². The monoisotopic (exact) mass is 221 g/mol. The van der Waals surface area contributed by atoms with Crippen molar-refractivity contribution in [2.45, 2.75) is 32.6 Å². The standard InChI is InChI=1S/C13H19NO2/c1-9(2)10-4-6-12(15)11(8-10)5-7-13(16)14-3/h4,6,8-9,15H,5,7H2,1-3H3,(H,14,16). The first-order valence-electron chi connectivity index (χ1n) is 5.57. The van der Waals surface area contributed by atoms with Gasteiger partial charge in [0.1, 0.15) is 5.75 Å².